The van der Waals surface area contributed by atoms with Gasteiger partial charge in [0.1, 0.15) is 5.76 Å². The number of rotatable bonds is 5. The first-order chi connectivity index (χ1) is 11.6. The molecule has 2 heterocycles. The number of nitrogens with one attached hydrogen (secondary N) is 2. The van der Waals surface area contributed by atoms with Gasteiger partial charge >= 0.3 is 6.03 Å². The summed E-state index contributed by atoms with van der Waals surface area (Å²) < 4.78 is 5.50. The number of hydrogen-bond donors (Lipinski definition) is 2. The highest BCUT2D eigenvalue weighted by Gasteiger charge is 2.07. The van der Waals surface area contributed by atoms with E-state index in [4.69, 9.17) is 4.42 Å². The molecule has 0 atom stereocenters. The summed E-state index contributed by atoms with van der Waals surface area (Å²) in [6, 6.07) is 7.14. The zero-order valence-corrected chi connectivity index (χ0v) is 14.3. The molecule has 2 aromatic heterocycles. The number of oxazole rings is 1. The van der Waals surface area contributed by atoms with Crippen LogP contribution in [0.15, 0.2) is 41.1 Å². The van der Waals surface area contributed by atoms with Gasteiger partial charge in [-0.1, -0.05) is 6.07 Å². The molecule has 0 aliphatic heterocycles. The number of amides is 2. The minimum atomic E-state index is -0.246. The summed E-state index contributed by atoms with van der Waals surface area (Å²) in [4.78, 5) is 21.6. The third kappa shape index (κ3) is 4.20. The molecule has 0 aliphatic rings. The lowest BCUT2D eigenvalue weighted by Crippen LogP contribution is -2.30. The van der Waals surface area contributed by atoms with Crippen molar-refractivity contribution in [3.05, 3.63) is 52.3 Å². The lowest BCUT2D eigenvalue weighted by molar-refractivity contribution is 0.252. The Hall–Kier alpha value is -2.67. The highest BCUT2D eigenvalue weighted by Crippen LogP contribution is 2.22. The molecule has 7 heteroatoms. The number of nitrogens with zero attached hydrogens (tertiary/aromatic N) is 2. The zero-order chi connectivity index (χ0) is 16.9. The summed E-state index contributed by atoms with van der Waals surface area (Å²) in [6.07, 6.45) is 4.24. The molecular weight excluding hydrogens is 324 g/mol. The van der Waals surface area contributed by atoms with Crippen LogP contribution >= 0.6 is 11.3 Å². The molecule has 0 bridgehead atoms. The summed E-state index contributed by atoms with van der Waals surface area (Å²) in [5, 5.41) is 6.67. The smallest absolute Gasteiger partial charge is 0.319 e. The van der Waals surface area contributed by atoms with E-state index in [0.717, 1.165) is 22.8 Å². The van der Waals surface area contributed by atoms with Crippen LogP contribution in [-0.2, 0) is 6.42 Å². The second kappa shape index (κ2) is 7.27. The van der Waals surface area contributed by atoms with Crippen LogP contribution in [0.4, 0.5) is 10.5 Å². The minimum Gasteiger partial charge on any atom is -0.441 e. The largest absolute Gasteiger partial charge is 0.441 e. The van der Waals surface area contributed by atoms with Gasteiger partial charge in [0.05, 0.1) is 11.2 Å². The quantitative estimate of drug-likeness (QED) is 0.739. The summed E-state index contributed by atoms with van der Waals surface area (Å²) >= 11 is 1.64. The van der Waals surface area contributed by atoms with Gasteiger partial charge in [-0.3, -0.25) is 0 Å². The van der Waals surface area contributed by atoms with E-state index in [-0.39, 0.29) is 6.03 Å². The second-order valence-corrected chi connectivity index (χ2v) is 6.67. The zero-order valence-electron chi connectivity index (χ0n) is 13.5. The predicted octanol–water partition coefficient (Wildman–Crippen LogP) is 3.78. The molecule has 0 saturated carbocycles. The second-order valence-electron chi connectivity index (χ2n) is 5.35. The third-order valence-electron chi connectivity index (χ3n) is 3.28. The van der Waals surface area contributed by atoms with E-state index in [0.29, 0.717) is 18.1 Å². The third-order valence-corrected chi connectivity index (χ3v) is 4.25. The topological polar surface area (TPSA) is 80.0 Å². The molecule has 0 radical (unpaired) electrons. The summed E-state index contributed by atoms with van der Waals surface area (Å²) in [5.74, 6) is 1.29. The first kappa shape index (κ1) is 16.2. The first-order valence-corrected chi connectivity index (χ1v) is 8.41. The van der Waals surface area contributed by atoms with Gasteiger partial charge < -0.3 is 15.1 Å². The highest BCUT2D eigenvalue weighted by molar-refractivity contribution is 7.11. The monoisotopic (exact) mass is 342 g/mol. The number of aryl methyl sites for hydroxylation is 2. The van der Waals surface area contributed by atoms with Crippen LogP contribution < -0.4 is 10.6 Å². The van der Waals surface area contributed by atoms with Crippen molar-refractivity contribution >= 4 is 23.1 Å². The molecule has 2 amide bonds. The van der Waals surface area contributed by atoms with Crippen LogP contribution in [0.1, 0.15) is 15.6 Å². The maximum absolute atomic E-state index is 12.0. The normalized spacial score (nSPS) is 10.6. The van der Waals surface area contributed by atoms with Crippen LogP contribution in [0.2, 0.25) is 0 Å². The Morgan fingerprint density at radius 3 is 2.83 bits per heavy atom. The summed E-state index contributed by atoms with van der Waals surface area (Å²) in [7, 11) is 0. The molecule has 3 aromatic rings. The predicted molar refractivity (Wildman–Crippen MR) is 94.3 cm³/mol. The van der Waals surface area contributed by atoms with Gasteiger partial charge in [-0.05, 0) is 32.0 Å². The number of carbonyl (C=O) groups is 1. The summed E-state index contributed by atoms with van der Waals surface area (Å²) in [5.41, 5.74) is 1.50. The van der Waals surface area contributed by atoms with E-state index in [1.807, 2.05) is 44.3 Å². The van der Waals surface area contributed by atoms with Crippen molar-refractivity contribution in [1.29, 1.82) is 0 Å². The lowest BCUT2D eigenvalue weighted by atomic mass is 10.2. The first-order valence-electron chi connectivity index (χ1n) is 7.59. The van der Waals surface area contributed by atoms with Gasteiger partial charge in [-0.25, -0.2) is 14.8 Å². The SMILES string of the molecule is Cc1cnc(-c2cccc(NC(=O)NCCc3ncc(C)s3)c2)o1. The van der Waals surface area contributed by atoms with Crippen molar-refractivity contribution < 1.29 is 9.21 Å². The Balaban J connectivity index is 1.54. The maximum Gasteiger partial charge on any atom is 0.319 e. The number of hydrogen-bond acceptors (Lipinski definition) is 5. The van der Waals surface area contributed by atoms with E-state index >= 15 is 0 Å². The van der Waals surface area contributed by atoms with E-state index in [1.54, 1.807) is 17.5 Å². The van der Waals surface area contributed by atoms with E-state index < -0.39 is 0 Å². The van der Waals surface area contributed by atoms with Crippen molar-refractivity contribution in [2.45, 2.75) is 20.3 Å². The Labute approximate surface area is 144 Å². The molecule has 0 fully saturated rings. The van der Waals surface area contributed by atoms with Crippen LogP contribution in [0.3, 0.4) is 0 Å². The minimum absolute atomic E-state index is 0.246. The molecule has 1 aromatic carbocycles. The van der Waals surface area contributed by atoms with Crippen molar-refractivity contribution in [1.82, 2.24) is 15.3 Å². The van der Waals surface area contributed by atoms with Crippen molar-refractivity contribution in [3.8, 4) is 11.5 Å². The fraction of sp³-hybridized carbons (Fsp3) is 0.235. The number of urea groups is 1. The Morgan fingerprint density at radius 1 is 1.25 bits per heavy atom. The van der Waals surface area contributed by atoms with Crippen molar-refractivity contribution in [2.75, 3.05) is 11.9 Å². The molecule has 0 aliphatic carbocycles. The maximum atomic E-state index is 12.0. The molecule has 6 nitrogen and oxygen atoms in total. The lowest BCUT2D eigenvalue weighted by Gasteiger charge is -2.07. The number of thiazole rings is 1. The Kier molecular flexibility index (Phi) is 4.90. The molecule has 0 saturated heterocycles. The van der Waals surface area contributed by atoms with Crippen LogP contribution in [0.5, 0.6) is 0 Å². The molecule has 124 valence electrons. The molecule has 3 rings (SSSR count). The number of anilines is 1. The molecular formula is C17H18N4O2S. The highest BCUT2D eigenvalue weighted by atomic mass is 32.1. The average Bonchev–Trinajstić information content (AvgIpc) is 3.16. The fourth-order valence-corrected chi connectivity index (χ4v) is 2.98. The van der Waals surface area contributed by atoms with E-state index in [9.17, 15) is 4.79 Å². The van der Waals surface area contributed by atoms with Gasteiger partial charge in [0.25, 0.3) is 0 Å². The Bertz CT molecular complexity index is 840. The van der Waals surface area contributed by atoms with Gasteiger partial charge in [-0.15, -0.1) is 11.3 Å². The van der Waals surface area contributed by atoms with Gasteiger partial charge in [0.15, 0.2) is 0 Å². The number of carbonyl (C=O) groups excluding carboxylic acids is 1. The van der Waals surface area contributed by atoms with Crippen LogP contribution in [0.25, 0.3) is 11.5 Å². The molecule has 0 spiro atoms. The van der Waals surface area contributed by atoms with E-state index in [2.05, 4.69) is 20.6 Å². The van der Waals surface area contributed by atoms with E-state index in [1.165, 1.54) is 4.88 Å². The number of benzene rings is 1. The van der Waals surface area contributed by atoms with Crippen LogP contribution in [0, 0.1) is 13.8 Å². The van der Waals surface area contributed by atoms with Crippen molar-refractivity contribution in [2.24, 2.45) is 0 Å². The van der Waals surface area contributed by atoms with Crippen molar-refractivity contribution in [3.63, 3.8) is 0 Å². The average molecular weight is 342 g/mol. The summed E-state index contributed by atoms with van der Waals surface area (Å²) in [6.45, 7) is 4.40. The van der Waals surface area contributed by atoms with Gasteiger partial charge in [0, 0.05) is 35.3 Å². The molecule has 24 heavy (non-hydrogen) atoms. The van der Waals surface area contributed by atoms with Crippen LogP contribution in [-0.4, -0.2) is 22.5 Å². The van der Waals surface area contributed by atoms with Gasteiger partial charge in [-0.2, -0.15) is 0 Å². The molecule has 2 N–H and O–H groups in total. The van der Waals surface area contributed by atoms with Gasteiger partial charge in [0.2, 0.25) is 5.89 Å². The Morgan fingerprint density at radius 2 is 2.12 bits per heavy atom. The fourth-order valence-electron chi connectivity index (χ4n) is 2.19. The standard InChI is InChI=1S/C17H18N4O2S/c1-11-9-20-16(23-11)13-4-3-5-14(8-13)21-17(22)18-7-6-15-19-10-12(2)24-15/h3-5,8-10H,6-7H2,1-2H3,(H2,18,21,22). The number of aromatic nitrogens is 2. The molecule has 0 unspecified atom stereocenters.